The standard InChI is InChI=1S/C27H45N5O5/c1-25(2,3)20(30-24(37)31-26(4,5)6)23(36)32-13-15-17(27(15,7)8)18(32)22(35)29-16(19(33)21(28)34)12-14-10-9-11-14/h14-18,20H,9-13H2,1-8H3,(H2,28,34)(H,29,35)(H2,30,31,37)/t15-,16+,17?,18-,20+/m0/s1. The summed E-state index contributed by atoms with van der Waals surface area (Å²) in [6, 6.07) is -3.13. The highest BCUT2D eigenvalue weighted by atomic mass is 16.2. The second-order valence-electron chi connectivity index (χ2n) is 13.9. The Balaban J connectivity index is 1.83. The maximum absolute atomic E-state index is 13.9. The Morgan fingerprint density at radius 1 is 1.00 bits per heavy atom. The van der Waals surface area contributed by atoms with Gasteiger partial charge in [-0.2, -0.15) is 0 Å². The molecule has 1 unspecified atom stereocenters. The van der Waals surface area contributed by atoms with Crippen LogP contribution >= 0.6 is 0 Å². The van der Waals surface area contributed by atoms with Gasteiger partial charge in [0.25, 0.3) is 5.91 Å². The van der Waals surface area contributed by atoms with Crippen LogP contribution < -0.4 is 21.7 Å². The highest BCUT2D eigenvalue weighted by Crippen LogP contribution is 2.65. The number of primary amides is 1. The number of rotatable bonds is 8. The number of nitrogens with one attached hydrogen (secondary N) is 3. The molecular weight excluding hydrogens is 474 g/mol. The van der Waals surface area contributed by atoms with E-state index in [4.69, 9.17) is 5.73 Å². The van der Waals surface area contributed by atoms with E-state index in [1.165, 1.54) is 0 Å². The van der Waals surface area contributed by atoms with E-state index in [0.29, 0.717) is 13.0 Å². The quantitative estimate of drug-likeness (QED) is 0.360. The Morgan fingerprint density at radius 2 is 1.59 bits per heavy atom. The molecule has 5 amide bonds. The second kappa shape index (κ2) is 9.91. The number of Topliss-reactive ketones (excluding diaryl/α,β-unsaturated/α-hetero) is 1. The minimum atomic E-state index is -1.07. The smallest absolute Gasteiger partial charge is 0.315 e. The van der Waals surface area contributed by atoms with E-state index in [2.05, 4.69) is 29.8 Å². The molecule has 3 fully saturated rings. The van der Waals surface area contributed by atoms with Gasteiger partial charge in [0.1, 0.15) is 12.1 Å². The van der Waals surface area contributed by atoms with E-state index in [1.54, 1.807) is 4.90 Å². The molecule has 3 aliphatic rings. The van der Waals surface area contributed by atoms with Gasteiger partial charge in [-0.05, 0) is 55.8 Å². The summed E-state index contributed by atoms with van der Waals surface area (Å²) in [7, 11) is 0. The molecule has 0 aromatic carbocycles. The first-order chi connectivity index (χ1) is 16.8. The molecule has 2 saturated carbocycles. The number of piperidine rings is 1. The van der Waals surface area contributed by atoms with Crippen molar-refractivity contribution in [3.8, 4) is 0 Å². The zero-order chi connectivity index (χ0) is 28.1. The van der Waals surface area contributed by atoms with Crippen molar-refractivity contribution in [2.75, 3.05) is 6.54 Å². The van der Waals surface area contributed by atoms with Gasteiger partial charge in [-0.25, -0.2) is 4.79 Å². The summed E-state index contributed by atoms with van der Waals surface area (Å²) >= 11 is 0. The Morgan fingerprint density at radius 3 is 2.05 bits per heavy atom. The molecule has 1 saturated heterocycles. The van der Waals surface area contributed by atoms with Gasteiger partial charge in [0.15, 0.2) is 0 Å². The number of carbonyl (C=O) groups is 5. The first-order valence-corrected chi connectivity index (χ1v) is 13.4. The van der Waals surface area contributed by atoms with Crippen LogP contribution in [0.1, 0.15) is 81.1 Å². The van der Waals surface area contributed by atoms with Gasteiger partial charge in [-0.15, -0.1) is 0 Å². The SMILES string of the molecule is CC(C)(C)NC(=O)N[C@H](C(=O)N1C[C@H]2C([C@H]1C(=O)N[C@H](CC1CCC1)C(=O)C(N)=O)C2(C)C)C(C)(C)C. The molecule has 0 bridgehead atoms. The average molecular weight is 520 g/mol. The molecule has 0 aromatic rings. The van der Waals surface area contributed by atoms with Crippen LogP contribution in [0.4, 0.5) is 4.79 Å². The average Bonchev–Trinajstić information content (AvgIpc) is 3.06. The van der Waals surface area contributed by atoms with Crippen molar-refractivity contribution >= 4 is 29.5 Å². The van der Waals surface area contributed by atoms with Gasteiger partial charge in [-0.1, -0.05) is 53.9 Å². The normalized spacial score (nSPS) is 26.3. The lowest BCUT2D eigenvalue weighted by Crippen LogP contribution is -2.62. The van der Waals surface area contributed by atoms with Crippen molar-refractivity contribution in [2.24, 2.45) is 34.3 Å². The number of fused-ring (bicyclic) bond motifs is 1. The van der Waals surface area contributed by atoms with Crippen LogP contribution in [-0.2, 0) is 19.2 Å². The highest BCUT2D eigenvalue weighted by molar-refractivity contribution is 6.37. The van der Waals surface area contributed by atoms with E-state index in [0.717, 1.165) is 19.3 Å². The molecule has 10 nitrogen and oxygen atoms in total. The third-order valence-corrected chi connectivity index (χ3v) is 8.31. The van der Waals surface area contributed by atoms with Crippen LogP contribution in [0.25, 0.3) is 0 Å². The Labute approximate surface area is 220 Å². The summed E-state index contributed by atoms with van der Waals surface area (Å²) in [5.41, 5.74) is 4.04. The fourth-order valence-corrected chi connectivity index (χ4v) is 5.86. The summed E-state index contributed by atoms with van der Waals surface area (Å²) < 4.78 is 0. The summed E-state index contributed by atoms with van der Waals surface area (Å²) in [4.78, 5) is 66.1. The van der Waals surface area contributed by atoms with Crippen molar-refractivity contribution in [2.45, 2.75) is 105 Å². The number of carbonyl (C=O) groups excluding carboxylic acids is 5. The molecule has 1 heterocycles. The molecular formula is C27H45N5O5. The molecule has 37 heavy (non-hydrogen) atoms. The lowest BCUT2D eigenvalue weighted by Gasteiger charge is -2.38. The van der Waals surface area contributed by atoms with Crippen LogP contribution in [0.15, 0.2) is 0 Å². The lowest BCUT2D eigenvalue weighted by molar-refractivity contribution is -0.145. The van der Waals surface area contributed by atoms with Crippen molar-refractivity contribution < 1.29 is 24.0 Å². The fraction of sp³-hybridized carbons (Fsp3) is 0.815. The molecule has 208 valence electrons. The maximum atomic E-state index is 13.9. The molecule has 0 spiro atoms. The molecule has 5 atom stereocenters. The first kappa shape index (κ1) is 28.9. The van der Waals surface area contributed by atoms with Gasteiger partial charge >= 0.3 is 6.03 Å². The summed E-state index contributed by atoms with van der Waals surface area (Å²) in [5, 5.41) is 8.44. The number of nitrogens with zero attached hydrogens (tertiary/aromatic N) is 1. The number of hydrogen-bond donors (Lipinski definition) is 4. The Kier molecular flexibility index (Phi) is 7.74. The monoisotopic (exact) mass is 519 g/mol. The van der Waals surface area contributed by atoms with Gasteiger partial charge in [0.05, 0.1) is 6.04 Å². The van der Waals surface area contributed by atoms with Gasteiger partial charge in [-0.3, -0.25) is 19.2 Å². The largest absolute Gasteiger partial charge is 0.363 e. The van der Waals surface area contributed by atoms with E-state index in [1.807, 2.05) is 41.5 Å². The minimum Gasteiger partial charge on any atom is -0.363 e. The van der Waals surface area contributed by atoms with Crippen molar-refractivity contribution in [3.63, 3.8) is 0 Å². The number of hydrogen-bond acceptors (Lipinski definition) is 5. The van der Waals surface area contributed by atoms with Gasteiger partial charge in [0.2, 0.25) is 17.6 Å². The zero-order valence-electron chi connectivity index (χ0n) is 23.6. The molecule has 0 aromatic heterocycles. The molecule has 0 radical (unpaired) electrons. The molecule has 10 heteroatoms. The van der Waals surface area contributed by atoms with Crippen LogP contribution in [-0.4, -0.2) is 64.6 Å². The summed E-state index contributed by atoms with van der Waals surface area (Å²) in [6.45, 7) is 15.7. The number of ketones is 1. The predicted molar refractivity (Wildman–Crippen MR) is 139 cm³/mol. The predicted octanol–water partition coefficient (Wildman–Crippen LogP) is 1.71. The van der Waals surface area contributed by atoms with Crippen LogP contribution in [0.5, 0.6) is 0 Å². The fourth-order valence-electron chi connectivity index (χ4n) is 5.86. The van der Waals surface area contributed by atoms with E-state index in [9.17, 15) is 24.0 Å². The van der Waals surface area contributed by atoms with Crippen LogP contribution in [0.3, 0.4) is 0 Å². The van der Waals surface area contributed by atoms with Crippen molar-refractivity contribution in [3.05, 3.63) is 0 Å². The van der Waals surface area contributed by atoms with Crippen LogP contribution in [0, 0.1) is 28.6 Å². The second-order valence-corrected chi connectivity index (χ2v) is 13.9. The molecule has 3 rings (SSSR count). The molecule has 1 aliphatic heterocycles. The van der Waals surface area contributed by atoms with E-state index < -0.39 is 52.7 Å². The summed E-state index contributed by atoms with van der Waals surface area (Å²) in [5.74, 6) is -2.35. The maximum Gasteiger partial charge on any atom is 0.315 e. The van der Waals surface area contributed by atoms with E-state index in [-0.39, 0.29) is 29.1 Å². The first-order valence-electron chi connectivity index (χ1n) is 13.4. The zero-order valence-corrected chi connectivity index (χ0v) is 23.6. The minimum absolute atomic E-state index is 0.0755. The molecule has 5 N–H and O–H groups in total. The Hall–Kier alpha value is -2.65. The third kappa shape index (κ3) is 6.26. The van der Waals surface area contributed by atoms with Crippen molar-refractivity contribution in [1.82, 2.24) is 20.9 Å². The number of nitrogens with two attached hydrogens (primary N) is 1. The number of urea groups is 1. The lowest BCUT2D eigenvalue weighted by atomic mass is 9.80. The third-order valence-electron chi connectivity index (χ3n) is 8.31. The summed E-state index contributed by atoms with van der Waals surface area (Å²) in [6.07, 6.45) is 3.31. The Bertz CT molecular complexity index is 959. The molecule has 2 aliphatic carbocycles. The van der Waals surface area contributed by atoms with Crippen LogP contribution in [0.2, 0.25) is 0 Å². The number of likely N-dealkylation sites (tertiary alicyclic amines) is 1. The van der Waals surface area contributed by atoms with Crippen molar-refractivity contribution in [1.29, 1.82) is 0 Å². The highest BCUT2D eigenvalue weighted by Gasteiger charge is 2.70. The van der Waals surface area contributed by atoms with E-state index >= 15 is 0 Å². The topological polar surface area (TPSA) is 151 Å². The van der Waals surface area contributed by atoms with Gasteiger partial charge < -0.3 is 26.6 Å². The van der Waals surface area contributed by atoms with Gasteiger partial charge in [0, 0.05) is 12.1 Å². The number of amides is 5.